The van der Waals surface area contributed by atoms with Crippen LogP contribution in [0.4, 0.5) is 0 Å². The van der Waals surface area contributed by atoms with E-state index < -0.39 is 17.8 Å². The molecule has 5 nitrogen and oxygen atoms in total. The van der Waals surface area contributed by atoms with E-state index in [9.17, 15) is 14.4 Å². The molecular formula is C11H15NO4. The molecule has 1 aliphatic carbocycles. The number of hydrogen-bond donors (Lipinski definition) is 1. The second-order valence-corrected chi connectivity index (χ2v) is 3.88. The Labute approximate surface area is 93.7 Å². The number of carboxylic acid groups (broad SMARTS) is 1. The zero-order valence-corrected chi connectivity index (χ0v) is 9.13. The number of rotatable bonds is 4. The summed E-state index contributed by atoms with van der Waals surface area (Å²) in [5.74, 6) is -2.45. The van der Waals surface area contributed by atoms with E-state index >= 15 is 0 Å². The van der Waals surface area contributed by atoms with Gasteiger partial charge in [0.25, 0.3) is 0 Å². The van der Waals surface area contributed by atoms with Crippen LogP contribution in [0.5, 0.6) is 0 Å². The minimum absolute atomic E-state index is 0.00534. The van der Waals surface area contributed by atoms with Crippen molar-refractivity contribution in [1.82, 2.24) is 4.90 Å². The lowest BCUT2D eigenvalue weighted by Crippen LogP contribution is -2.40. The summed E-state index contributed by atoms with van der Waals surface area (Å²) in [4.78, 5) is 34.4. The molecule has 5 heteroatoms. The Morgan fingerprint density at radius 2 is 1.94 bits per heavy atom. The maximum atomic E-state index is 11.9. The van der Waals surface area contributed by atoms with E-state index in [0.717, 1.165) is 0 Å². The average molecular weight is 225 g/mol. The van der Waals surface area contributed by atoms with Crippen molar-refractivity contribution in [2.24, 2.45) is 11.8 Å². The summed E-state index contributed by atoms with van der Waals surface area (Å²) in [5.41, 5.74) is 0. The Hall–Kier alpha value is -1.65. The van der Waals surface area contributed by atoms with Crippen LogP contribution in [-0.2, 0) is 14.4 Å². The van der Waals surface area contributed by atoms with Gasteiger partial charge in [-0.25, -0.2) is 0 Å². The molecule has 2 atom stereocenters. The molecule has 1 N–H and O–H groups in total. The van der Waals surface area contributed by atoms with Gasteiger partial charge in [-0.3, -0.25) is 9.59 Å². The summed E-state index contributed by atoms with van der Waals surface area (Å²) in [7, 11) is 1.51. The number of carbonyl (C=O) groups excluding carboxylic acids is 2. The highest BCUT2D eigenvalue weighted by molar-refractivity contribution is 5.86. The van der Waals surface area contributed by atoms with Crippen LogP contribution in [0.15, 0.2) is 12.2 Å². The summed E-state index contributed by atoms with van der Waals surface area (Å²) in [6, 6.07) is 0. The lowest BCUT2D eigenvalue weighted by molar-refractivity contribution is -0.150. The minimum Gasteiger partial charge on any atom is -0.481 e. The summed E-state index contributed by atoms with van der Waals surface area (Å²) in [6.45, 7) is 0.00534. The second-order valence-electron chi connectivity index (χ2n) is 3.88. The topological polar surface area (TPSA) is 74.7 Å². The van der Waals surface area contributed by atoms with Gasteiger partial charge in [-0.05, 0) is 12.8 Å². The molecule has 0 saturated carbocycles. The molecule has 0 aliphatic heterocycles. The van der Waals surface area contributed by atoms with Crippen molar-refractivity contribution in [2.75, 3.05) is 13.6 Å². The van der Waals surface area contributed by atoms with Gasteiger partial charge in [-0.1, -0.05) is 12.2 Å². The maximum Gasteiger partial charge on any atom is 0.307 e. The largest absolute Gasteiger partial charge is 0.481 e. The molecule has 1 rings (SSSR count). The summed E-state index contributed by atoms with van der Waals surface area (Å²) in [5, 5.41) is 9.00. The van der Waals surface area contributed by atoms with Gasteiger partial charge in [0.1, 0.15) is 6.29 Å². The molecule has 16 heavy (non-hydrogen) atoms. The van der Waals surface area contributed by atoms with Crippen molar-refractivity contribution in [3.8, 4) is 0 Å². The van der Waals surface area contributed by atoms with E-state index in [1.807, 2.05) is 6.08 Å². The molecule has 0 heterocycles. The van der Waals surface area contributed by atoms with Crippen LogP contribution in [0, 0.1) is 11.8 Å². The predicted molar refractivity (Wildman–Crippen MR) is 56.7 cm³/mol. The number of carboxylic acids is 1. The first-order valence-electron chi connectivity index (χ1n) is 5.14. The van der Waals surface area contributed by atoms with Crippen LogP contribution < -0.4 is 0 Å². The van der Waals surface area contributed by atoms with E-state index in [4.69, 9.17) is 5.11 Å². The van der Waals surface area contributed by atoms with E-state index in [1.54, 1.807) is 6.08 Å². The van der Waals surface area contributed by atoms with Gasteiger partial charge in [0, 0.05) is 7.05 Å². The van der Waals surface area contributed by atoms with E-state index in [2.05, 4.69) is 0 Å². The monoisotopic (exact) mass is 225 g/mol. The van der Waals surface area contributed by atoms with Crippen LogP contribution in [0.25, 0.3) is 0 Å². The molecule has 0 saturated heterocycles. The molecule has 1 amide bonds. The number of aldehydes is 1. The van der Waals surface area contributed by atoms with Gasteiger partial charge in [-0.15, -0.1) is 0 Å². The molecule has 2 unspecified atom stereocenters. The highest BCUT2D eigenvalue weighted by Gasteiger charge is 2.35. The summed E-state index contributed by atoms with van der Waals surface area (Å²) >= 11 is 0. The van der Waals surface area contributed by atoms with Gasteiger partial charge in [0.15, 0.2) is 0 Å². The SMILES string of the molecule is CN(CC=O)C(=O)C1CC=CCC1C(=O)O. The number of nitrogens with zero attached hydrogens (tertiary/aromatic N) is 1. The van der Waals surface area contributed by atoms with Crippen LogP contribution in [0.3, 0.4) is 0 Å². The molecule has 0 aromatic rings. The van der Waals surface area contributed by atoms with Gasteiger partial charge < -0.3 is 14.8 Å². The van der Waals surface area contributed by atoms with Crippen molar-refractivity contribution in [3.05, 3.63) is 12.2 Å². The van der Waals surface area contributed by atoms with Crippen molar-refractivity contribution < 1.29 is 19.5 Å². The van der Waals surface area contributed by atoms with Gasteiger partial charge in [-0.2, -0.15) is 0 Å². The van der Waals surface area contributed by atoms with E-state index in [0.29, 0.717) is 19.1 Å². The second kappa shape index (κ2) is 5.44. The van der Waals surface area contributed by atoms with Crippen LogP contribution in [0.2, 0.25) is 0 Å². The van der Waals surface area contributed by atoms with E-state index in [1.165, 1.54) is 11.9 Å². The fourth-order valence-corrected chi connectivity index (χ4v) is 1.84. The number of hydrogen-bond acceptors (Lipinski definition) is 3. The molecule has 0 bridgehead atoms. The quantitative estimate of drug-likeness (QED) is 0.552. The standard InChI is InChI=1S/C11H15NO4/c1-12(6-7-13)10(14)8-4-2-3-5-9(8)11(15)16/h2-3,7-9H,4-6H2,1H3,(H,15,16). The summed E-state index contributed by atoms with van der Waals surface area (Å²) in [6.07, 6.45) is 5.03. The van der Waals surface area contributed by atoms with Crippen LogP contribution in [-0.4, -0.2) is 41.8 Å². The van der Waals surface area contributed by atoms with Gasteiger partial charge >= 0.3 is 5.97 Å². The fraction of sp³-hybridized carbons (Fsp3) is 0.545. The Morgan fingerprint density at radius 1 is 1.38 bits per heavy atom. The Balaban J connectivity index is 2.76. The first-order chi connectivity index (χ1) is 7.57. The van der Waals surface area contributed by atoms with E-state index in [-0.39, 0.29) is 12.5 Å². The zero-order valence-electron chi connectivity index (χ0n) is 9.13. The Bertz CT molecular complexity index is 324. The molecular weight excluding hydrogens is 210 g/mol. The van der Waals surface area contributed by atoms with Crippen molar-refractivity contribution in [1.29, 1.82) is 0 Å². The highest BCUT2D eigenvalue weighted by atomic mass is 16.4. The predicted octanol–water partition coefficient (Wildman–Crippen LogP) is 0.311. The number of allylic oxidation sites excluding steroid dienone is 2. The third-order valence-electron chi connectivity index (χ3n) is 2.79. The molecule has 0 radical (unpaired) electrons. The van der Waals surface area contributed by atoms with Gasteiger partial charge in [0.2, 0.25) is 5.91 Å². The number of aliphatic carboxylic acids is 1. The smallest absolute Gasteiger partial charge is 0.307 e. The number of carbonyl (C=O) groups is 3. The number of likely N-dealkylation sites (N-methyl/N-ethyl adjacent to an activating group) is 1. The van der Waals surface area contributed by atoms with Crippen molar-refractivity contribution in [3.63, 3.8) is 0 Å². The molecule has 0 aromatic heterocycles. The van der Waals surface area contributed by atoms with Crippen molar-refractivity contribution >= 4 is 18.2 Å². The average Bonchev–Trinajstić information content (AvgIpc) is 2.28. The molecule has 1 aliphatic rings. The highest BCUT2D eigenvalue weighted by Crippen LogP contribution is 2.27. The third kappa shape index (κ3) is 2.68. The Morgan fingerprint density at radius 3 is 2.44 bits per heavy atom. The van der Waals surface area contributed by atoms with Crippen molar-refractivity contribution in [2.45, 2.75) is 12.8 Å². The molecule has 0 fully saturated rings. The Kier molecular flexibility index (Phi) is 4.22. The normalized spacial score (nSPS) is 23.8. The molecule has 88 valence electrons. The van der Waals surface area contributed by atoms with Crippen LogP contribution in [0.1, 0.15) is 12.8 Å². The lowest BCUT2D eigenvalue weighted by atomic mass is 9.82. The summed E-state index contributed by atoms with van der Waals surface area (Å²) < 4.78 is 0. The zero-order chi connectivity index (χ0) is 12.1. The first-order valence-corrected chi connectivity index (χ1v) is 5.14. The third-order valence-corrected chi connectivity index (χ3v) is 2.79. The van der Waals surface area contributed by atoms with Gasteiger partial charge in [0.05, 0.1) is 18.4 Å². The lowest BCUT2D eigenvalue weighted by Gasteiger charge is -2.27. The number of amides is 1. The first kappa shape index (κ1) is 12.4. The fourth-order valence-electron chi connectivity index (χ4n) is 1.84. The maximum absolute atomic E-state index is 11.9. The molecule has 0 aromatic carbocycles. The molecule has 0 spiro atoms. The minimum atomic E-state index is -0.956. The van der Waals surface area contributed by atoms with Crippen LogP contribution >= 0.6 is 0 Å².